The maximum atomic E-state index is 3.20. The molecule has 0 unspecified atom stereocenters. The summed E-state index contributed by atoms with van der Waals surface area (Å²) in [4.78, 5) is 0. The van der Waals surface area contributed by atoms with Gasteiger partial charge in [-0.05, 0) is 0 Å². The molecule has 1 aromatic carbocycles. The third-order valence-electron chi connectivity index (χ3n) is 0.613. The zero-order valence-electron chi connectivity index (χ0n) is 4.76. The van der Waals surface area contributed by atoms with Crippen LogP contribution < -0.4 is 0 Å². The van der Waals surface area contributed by atoms with Crippen LogP contribution in [0.4, 0.5) is 0 Å². The topological polar surface area (TPSA) is 0 Å². The van der Waals surface area contributed by atoms with E-state index in [1.165, 1.54) is 0 Å². The molecule has 0 aliphatic carbocycles. The van der Waals surface area contributed by atoms with E-state index in [4.69, 9.17) is 0 Å². The SMILES string of the molecule is Brc1[c-]ccc[c-]1.[Pr].[Pr]. The maximum absolute atomic E-state index is 3.20. The van der Waals surface area contributed by atoms with Crippen molar-refractivity contribution < 1.29 is 82.6 Å². The molecule has 9 heavy (non-hydrogen) atoms. The molecule has 3 heteroatoms. The molecule has 0 aliphatic rings. The van der Waals surface area contributed by atoms with Gasteiger partial charge in [-0.3, -0.25) is 18.2 Å². The van der Waals surface area contributed by atoms with Gasteiger partial charge in [-0.2, -0.15) is 0 Å². The smallest absolute Gasteiger partial charge is 0 e. The molecular formula is C6H3BrPr2-2. The predicted octanol–water partition coefficient (Wildman–Crippen LogP) is 2.05. The summed E-state index contributed by atoms with van der Waals surface area (Å²) in [6.07, 6.45) is 0. The van der Waals surface area contributed by atoms with E-state index in [0.29, 0.717) is 0 Å². The van der Waals surface area contributed by atoms with Crippen LogP contribution in [0.5, 0.6) is 0 Å². The number of benzene rings is 1. The van der Waals surface area contributed by atoms with Crippen LogP contribution in [0.25, 0.3) is 0 Å². The molecule has 0 saturated carbocycles. The van der Waals surface area contributed by atoms with Gasteiger partial charge in [0.2, 0.25) is 0 Å². The van der Waals surface area contributed by atoms with Crippen molar-refractivity contribution in [3.8, 4) is 0 Å². The van der Waals surface area contributed by atoms with Crippen molar-refractivity contribution >= 4 is 15.9 Å². The summed E-state index contributed by atoms with van der Waals surface area (Å²) in [5, 5.41) is 0. The minimum absolute atomic E-state index is 0. The van der Waals surface area contributed by atoms with E-state index >= 15 is 0 Å². The summed E-state index contributed by atoms with van der Waals surface area (Å²) in [6.45, 7) is 0. The fourth-order valence-electron chi connectivity index (χ4n) is 0.332. The van der Waals surface area contributed by atoms with Crippen LogP contribution in [0.3, 0.4) is 0 Å². The molecule has 0 saturated heterocycles. The summed E-state index contributed by atoms with van der Waals surface area (Å²) in [7, 11) is 0. The molecule has 2 radical (unpaired) electrons. The van der Waals surface area contributed by atoms with Crippen molar-refractivity contribution in [1.82, 2.24) is 0 Å². The molecule has 0 amide bonds. The fraction of sp³-hybridized carbons (Fsp3) is 0. The molecule has 42 valence electrons. The van der Waals surface area contributed by atoms with E-state index in [2.05, 4.69) is 28.1 Å². The zero-order valence-corrected chi connectivity index (χ0v) is 13.8. The van der Waals surface area contributed by atoms with Crippen molar-refractivity contribution in [3.05, 3.63) is 34.8 Å². The molecule has 0 N–H and O–H groups in total. The van der Waals surface area contributed by atoms with Gasteiger partial charge in [0.25, 0.3) is 0 Å². The Morgan fingerprint density at radius 3 is 1.78 bits per heavy atom. The van der Waals surface area contributed by atoms with Crippen LogP contribution in [0, 0.1) is 94.7 Å². The van der Waals surface area contributed by atoms with E-state index in [9.17, 15) is 0 Å². The second kappa shape index (κ2) is 8.52. The Morgan fingerprint density at radius 2 is 1.56 bits per heavy atom. The third kappa shape index (κ3) is 6.81. The Hall–Kier alpha value is 2.43. The standard InChI is InChI=1S/C6H3Br.2Pr/c7-6-4-2-1-3-5-6;;/h1-3H;;/q-2;;. The van der Waals surface area contributed by atoms with Gasteiger partial charge in [-0.25, -0.2) is 4.47 Å². The minimum Gasteiger partial charge on any atom is -0.344 e. The molecule has 1 rings (SSSR count). The average molecular weight is 437 g/mol. The first kappa shape index (κ1) is 14.0. The van der Waals surface area contributed by atoms with Crippen molar-refractivity contribution in [2.24, 2.45) is 0 Å². The number of halogens is 1. The zero-order chi connectivity index (χ0) is 5.11. The van der Waals surface area contributed by atoms with E-state index in [-0.39, 0.29) is 82.6 Å². The Kier molecular flexibility index (Phi) is 13.2. The minimum atomic E-state index is 0. The van der Waals surface area contributed by atoms with Gasteiger partial charge < -0.3 is 12.1 Å². The second-order valence-electron chi connectivity index (χ2n) is 1.13. The van der Waals surface area contributed by atoms with E-state index in [1.807, 2.05) is 18.2 Å². The van der Waals surface area contributed by atoms with E-state index < -0.39 is 0 Å². The number of rotatable bonds is 0. The summed E-state index contributed by atoms with van der Waals surface area (Å²) in [6, 6.07) is 11.3. The van der Waals surface area contributed by atoms with Gasteiger partial charge in [0, 0.05) is 82.6 Å². The predicted molar refractivity (Wildman–Crippen MR) is 31.8 cm³/mol. The molecule has 0 aromatic heterocycles. The van der Waals surface area contributed by atoms with Gasteiger partial charge in [0.15, 0.2) is 0 Å². The fourth-order valence-corrected chi connectivity index (χ4v) is 0.597. The summed E-state index contributed by atoms with van der Waals surface area (Å²) in [5.74, 6) is 0. The van der Waals surface area contributed by atoms with Crippen molar-refractivity contribution in [3.63, 3.8) is 0 Å². The Labute approximate surface area is 130 Å². The number of hydrogen-bond acceptors (Lipinski definition) is 0. The molecular weight excluding hydrogens is 434 g/mol. The summed E-state index contributed by atoms with van der Waals surface area (Å²) in [5.41, 5.74) is 0. The molecule has 1 aromatic rings. The Morgan fingerprint density at radius 1 is 1.11 bits per heavy atom. The van der Waals surface area contributed by atoms with E-state index in [0.717, 1.165) is 4.47 Å². The number of hydrogen-bond donors (Lipinski definition) is 0. The van der Waals surface area contributed by atoms with Gasteiger partial charge in [0.1, 0.15) is 0 Å². The average Bonchev–Trinajstić information content (AvgIpc) is 1.69. The van der Waals surface area contributed by atoms with Crippen LogP contribution in [0.15, 0.2) is 22.7 Å². The monoisotopic (exact) mass is 436 g/mol. The molecule has 0 fully saturated rings. The molecule has 0 spiro atoms. The van der Waals surface area contributed by atoms with Gasteiger partial charge in [0.05, 0.1) is 0 Å². The van der Waals surface area contributed by atoms with Crippen molar-refractivity contribution in [2.75, 3.05) is 0 Å². The van der Waals surface area contributed by atoms with Crippen molar-refractivity contribution in [2.45, 2.75) is 0 Å². The van der Waals surface area contributed by atoms with Gasteiger partial charge in [-0.1, -0.05) is 0 Å². The maximum Gasteiger partial charge on any atom is 0 e. The van der Waals surface area contributed by atoms with Crippen LogP contribution in [0.1, 0.15) is 0 Å². The molecule has 0 atom stereocenters. The summed E-state index contributed by atoms with van der Waals surface area (Å²) < 4.78 is 0.884. The van der Waals surface area contributed by atoms with Crippen LogP contribution in [-0.4, -0.2) is 0 Å². The first-order valence-corrected chi connectivity index (χ1v) is 2.73. The quantitative estimate of drug-likeness (QED) is 0.546. The third-order valence-corrected chi connectivity index (χ3v) is 1.07. The first-order chi connectivity index (χ1) is 3.39. The first-order valence-electron chi connectivity index (χ1n) is 1.93. The van der Waals surface area contributed by atoms with Gasteiger partial charge in [-0.15, -0.1) is 15.9 Å². The molecule has 0 bridgehead atoms. The van der Waals surface area contributed by atoms with Gasteiger partial charge >= 0.3 is 0 Å². The Balaban J connectivity index is 0. The molecule has 0 nitrogen and oxygen atoms in total. The largest absolute Gasteiger partial charge is 0.344 e. The van der Waals surface area contributed by atoms with Crippen molar-refractivity contribution in [1.29, 1.82) is 0 Å². The van der Waals surface area contributed by atoms with Crippen LogP contribution in [-0.2, 0) is 0 Å². The second-order valence-corrected chi connectivity index (χ2v) is 1.92. The van der Waals surface area contributed by atoms with Crippen LogP contribution >= 0.6 is 15.9 Å². The molecule has 0 aliphatic heterocycles. The molecule has 0 heterocycles. The van der Waals surface area contributed by atoms with Crippen LogP contribution in [0.2, 0.25) is 0 Å². The van der Waals surface area contributed by atoms with E-state index in [1.54, 1.807) is 0 Å². The Bertz CT molecular complexity index is 141. The normalized spacial score (nSPS) is 6.78. The summed E-state index contributed by atoms with van der Waals surface area (Å²) >= 11 is 3.20.